The Hall–Kier alpha value is -1.82. The molecule has 1 saturated carbocycles. The molecule has 0 amide bonds. The fourth-order valence-corrected chi connectivity index (χ4v) is 4.38. The van der Waals surface area contributed by atoms with Gasteiger partial charge in [0.1, 0.15) is 5.82 Å². The molecule has 0 spiro atoms. The number of carbonyl (C=O) groups is 1. The van der Waals surface area contributed by atoms with Crippen LogP contribution in [0.4, 0.5) is 11.5 Å². The molecule has 2 unspecified atom stereocenters. The molecule has 1 saturated heterocycles. The Kier molecular flexibility index (Phi) is 6.58. The zero-order valence-corrected chi connectivity index (χ0v) is 16.8. The van der Waals surface area contributed by atoms with Crippen molar-refractivity contribution in [3.05, 3.63) is 17.8 Å². The first-order valence-electron chi connectivity index (χ1n) is 10.3. The van der Waals surface area contributed by atoms with Crippen LogP contribution in [-0.4, -0.2) is 47.4 Å². The van der Waals surface area contributed by atoms with Crippen molar-refractivity contribution in [3.63, 3.8) is 0 Å². The number of hydrogen-bond donors (Lipinski definition) is 2. The van der Waals surface area contributed by atoms with E-state index in [0.717, 1.165) is 62.4 Å². The Labute approximate surface area is 162 Å². The zero-order chi connectivity index (χ0) is 19.4. The fraction of sp³-hybridized carbons (Fsp3) is 0.714. The summed E-state index contributed by atoms with van der Waals surface area (Å²) in [5.41, 5.74) is 2.15. The third-order valence-corrected chi connectivity index (χ3v) is 5.79. The highest BCUT2D eigenvalue weighted by atomic mass is 16.5. The van der Waals surface area contributed by atoms with Crippen LogP contribution in [0.15, 0.2) is 12.1 Å². The third kappa shape index (κ3) is 5.58. The SMILES string of the molecule is Cc1nc(N2CC(C)OC(C)C2)ccc1NC1CCC(CCC(=O)O)CC1. The average molecular weight is 376 g/mol. The molecule has 2 heterocycles. The Morgan fingerprint density at radius 1 is 1.22 bits per heavy atom. The molecule has 6 nitrogen and oxygen atoms in total. The number of morpholine rings is 1. The molecule has 2 fully saturated rings. The van der Waals surface area contributed by atoms with Crippen LogP contribution >= 0.6 is 0 Å². The Morgan fingerprint density at radius 3 is 2.48 bits per heavy atom. The molecular formula is C21H33N3O3. The van der Waals surface area contributed by atoms with Crippen LogP contribution in [0, 0.1) is 12.8 Å². The van der Waals surface area contributed by atoms with Crippen LogP contribution in [0.3, 0.4) is 0 Å². The predicted octanol–water partition coefficient (Wildman–Crippen LogP) is 3.84. The number of aromatic nitrogens is 1. The second-order valence-corrected chi connectivity index (χ2v) is 8.26. The molecule has 0 radical (unpaired) electrons. The number of pyridine rings is 1. The number of aliphatic carboxylic acids is 1. The Morgan fingerprint density at radius 2 is 1.89 bits per heavy atom. The van der Waals surface area contributed by atoms with E-state index in [-0.39, 0.29) is 12.2 Å². The lowest BCUT2D eigenvalue weighted by atomic mass is 9.83. The standard InChI is InChI=1S/C21H33N3O3/c1-14-12-24(13-15(2)27-14)20-10-9-19(16(3)22-20)23-18-7-4-17(5-8-18)6-11-21(25)26/h9-10,14-15,17-18,23H,4-8,11-13H2,1-3H3,(H,25,26). The number of hydrogen-bond acceptors (Lipinski definition) is 5. The van der Waals surface area contributed by atoms with E-state index in [0.29, 0.717) is 18.4 Å². The molecule has 1 aromatic rings. The topological polar surface area (TPSA) is 74.7 Å². The summed E-state index contributed by atoms with van der Waals surface area (Å²) in [6.45, 7) is 8.04. The van der Waals surface area contributed by atoms with Crippen molar-refractivity contribution in [3.8, 4) is 0 Å². The second kappa shape index (κ2) is 8.91. The van der Waals surface area contributed by atoms with Crippen molar-refractivity contribution in [2.75, 3.05) is 23.3 Å². The molecule has 27 heavy (non-hydrogen) atoms. The van der Waals surface area contributed by atoms with Crippen molar-refractivity contribution in [1.82, 2.24) is 4.98 Å². The van der Waals surface area contributed by atoms with E-state index in [2.05, 4.69) is 43.1 Å². The van der Waals surface area contributed by atoms with Crippen molar-refractivity contribution in [1.29, 1.82) is 0 Å². The highest BCUT2D eigenvalue weighted by Crippen LogP contribution is 2.30. The second-order valence-electron chi connectivity index (χ2n) is 8.26. The average Bonchev–Trinajstić information content (AvgIpc) is 2.62. The molecule has 1 aromatic heterocycles. The molecule has 6 heteroatoms. The van der Waals surface area contributed by atoms with Crippen LogP contribution < -0.4 is 10.2 Å². The van der Waals surface area contributed by atoms with Crippen LogP contribution in [-0.2, 0) is 9.53 Å². The maximum absolute atomic E-state index is 10.7. The van der Waals surface area contributed by atoms with Gasteiger partial charge in [-0.2, -0.15) is 0 Å². The van der Waals surface area contributed by atoms with E-state index >= 15 is 0 Å². The minimum atomic E-state index is -0.680. The first-order chi connectivity index (χ1) is 12.9. The Balaban J connectivity index is 1.53. The molecule has 0 aromatic carbocycles. The normalized spacial score (nSPS) is 28.8. The lowest BCUT2D eigenvalue weighted by molar-refractivity contribution is -0.137. The van der Waals surface area contributed by atoms with Gasteiger partial charge in [0.05, 0.1) is 23.6 Å². The molecule has 3 rings (SSSR count). The lowest BCUT2D eigenvalue weighted by Gasteiger charge is -2.36. The number of carboxylic acids is 1. The van der Waals surface area contributed by atoms with E-state index in [1.54, 1.807) is 0 Å². The van der Waals surface area contributed by atoms with E-state index in [1.165, 1.54) is 0 Å². The minimum absolute atomic E-state index is 0.227. The molecule has 2 atom stereocenters. The number of anilines is 2. The monoisotopic (exact) mass is 375 g/mol. The van der Waals surface area contributed by atoms with E-state index in [1.807, 2.05) is 0 Å². The highest BCUT2D eigenvalue weighted by Gasteiger charge is 2.24. The fourth-order valence-electron chi connectivity index (χ4n) is 4.38. The first-order valence-corrected chi connectivity index (χ1v) is 10.3. The number of nitrogens with zero attached hydrogens (tertiary/aromatic N) is 2. The molecule has 2 N–H and O–H groups in total. The van der Waals surface area contributed by atoms with Crippen molar-refractivity contribution < 1.29 is 14.6 Å². The van der Waals surface area contributed by atoms with Gasteiger partial charge >= 0.3 is 5.97 Å². The molecule has 150 valence electrons. The third-order valence-electron chi connectivity index (χ3n) is 5.79. The van der Waals surface area contributed by atoms with E-state index in [4.69, 9.17) is 14.8 Å². The van der Waals surface area contributed by atoms with Crippen molar-refractivity contribution in [2.24, 2.45) is 5.92 Å². The van der Waals surface area contributed by atoms with Crippen LogP contribution in [0.5, 0.6) is 0 Å². The van der Waals surface area contributed by atoms with Crippen LogP contribution in [0.25, 0.3) is 0 Å². The minimum Gasteiger partial charge on any atom is -0.481 e. The first kappa shape index (κ1) is 19.9. The van der Waals surface area contributed by atoms with Gasteiger partial charge in [0, 0.05) is 25.6 Å². The summed E-state index contributed by atoms with van der Waals surface area (Å²) in [7, 11) is 0. The van der Waals surface area contributed by atoms with E-state index in [9.17, 15) is 4.79 Å². The molecule has 1 aliphatic carbocycles. The molecular weight excluding hydrogens is 342 g/mol. The number of carboxylic acid groups (broad SMARTS) is 1. The summed E-state index contributed by atoms with van der Waals surface area (Å²) in [6, 6.07) is 4.72. The van der Waals surface area contributed by atoms with Gasteiger partial charge in [0.15, 0.2) is 0 Å². The number of ether oxygens (including phenoxy) is 1. The highest BCUT2D eigenvalue weighted by molar-refractivity contribution is 5.66. The number of rotatable bonds is 6. The van der Waals surface area contributed by atoms with Gasteiger partial charge in [-0.05, 0) is 70.9 Å². The quantitative estimate of drug-likeness (QED) is 0.787. The summed E-state index contributed by atoms with van der Waals surface area (Å²) in [4.78, 5) is 17.9. The van der Waals surface area contributed by atoms with Crippen molar-refractivity contribution in [2.45, 2.75) is 77.5 Å². The lowest BCUT2D eigenvalue weighted by Crippen LogP contribution is -2.45. The molecule has 1 aliphatic heterocycles. The van der Waals surface area contributed by atoms with Gasteiger partial charge in [-0.3, -0.25) is 4.79 Å². The summed E-state index contributed by atoms with van der Waals surface area (Å²) >= 11 is 0. The largest absolute Gasteiger partial charge is 0.481 e. The molecule has 2 aliphatic rings. The van der Waals surface area contributed by atoms with E-state index < -0.39 is 5.97 Å². The van der Waals surface area contributed by atoms with Gasteiger partial charge in [-0.15, -0.1) is 0 Å². The number of nitrogens with one attached hydrogen (secondary N) is 1. The van der Waals surface area contributed by atoms with Crippen molar-refractivity contribution >= 4 is 17.5 Å². The van der Waals surface area contributed by atoms with Crippen LogP contribution in [0.2, 0.25) is 0 Å². The Bertz CT molecular complexity index is 634. The van der Waals surface area contributed by atoms with Gasteiger partial charge in [0.25, 0.3) is 0 Å². The smallest absolute Gasteiger partial charge is 0.303 e. The number of aryl methyl sites for hydroxylation is 1. The van der Waals surface area contributed by atoms with Crippen LogP contribution in [0.1, 0.15) is 58.1 Å². The van der Waals surface area contributed by atoms with Gasteiger partial charge in [-0.1, -0.05) is 0 Å². The summed E-state index contributed by atoms with van der Waals surface area (Å²) < 4.78 is 5.82. The summed E-state index contributed by atoms with van der Waals surface area (Å²) in [6.07, 6.45) is 5.99. The summed E-state index contributed by atoms with van der Waals surface area (Å²) in [5, 5.41) is 12.5. The maximum atomic E-state index is 10.7. The van der Waals surface area contributed by atoms with Gasteiger partial charge in [0.2, 0.25) is 0 Å². The van der Waals surface area contributed by atoms with Gasteiger partial charge in [-0.25, -0.2) is 4.98 Å². The molecule has 0 bridgehead atoms. The predicted molar refractivity (Wildman–Crippen MR) is 107 cm³/mol. The van der Waals surface area contributed by atoms with Gasteiger partial charge < -0.3 is 20.1 Å². The zero-order valence-electron chi connectivity index (χ0n) is 16.8. The maximum Gasteiger partial charge on any atom is 0.303 e. The summed E-state index contributed by atoms with van der Waals surface area (Å²) in [5.74, 6) is 0.907.